The topological polar surface area (TPSA) is 64.6 Å². The fraction of sp³-hybridized carbons (Fsp3) is 0.600. The first-order valence-corrected chi connectivity index (χ1v) is 8.87. The number of alkyl carbamates (subject to hydrolysis) is 1. The number of nitrogens with one attached hydrogen (secondary N) is 1. The van der Waals surface area contributed by atoms with Gasteiger partial charge in [0.2, 0.25) is 0 Å². The zero-order chi connectivity index (χ0) is 19.0. The predicted molar refractivity (Wildman–Crippen MR) is 98.5 cm³/mol. The Hall–Kier alpha value is -2.04. The lowest BCUT2D eigenvalue weighted by atomic mass is 9.90. The second-order valence-electron chi connectivity index (χ2n) is 7.44. The van der Waals surface area contributed by atoms with Gasteiger partial charge in [0.15, 0.2) is 0 Å². The number of hydrogen-bond donors (Lipinski definition) is 1. The minimum Gasteiger partial charge on any atom is -0.461 e. The standard InChI is InChI=1S/C20H31NO4/c1-7-15(16-11-9-8-10-12-16)13-17(18(22)24-14(2)3)21-19(23)25-20(4,5)6/h8-12,14-15,17H,7,13H2,1-6H3,(H,21,23). The number of ether oxygens (including phenoxy) is 2. The Kier molecular flexibility index (Phi) is 7.94. The number of benzene rings is 1. The number of carbonyl (C=O) groups excluding carboxylic acids is 2. The van der Waals surface area contributed by atoms with Crippen LogP contribution in [-0.4, -0.2) is 29.8 Å². The molecule has 1 rings (SSSR count). The van der Waals surface area contributed by atoms with E-state index >= 15 is 0 Å². The van der Waals surface area contributed by atoms with Crippen molar-refractivity contribution in [1.29, 1.82) is 0 Å². The van der Waals surface area contributed by atoms with E-state index in [0.29, 0.717) is 6.42 Å². The summed E-state index contributed by atoms with van der Waals surface area (Å²) in [6.45, 7) is 11.0. The van der Waals surface area contributed by atoms with Crippen molar-refractivity contribution >= 4 is 12.1 Å². The van der Waals surface area contributed by atoms with Crippen LogP contribution in [0.1, 0.15) is 65.9 Å². The van der Waals surface area contributed by atoms with Crippen molar-refractivity contribution in [2.24, 2.45) is 0 Å². The predicted octanol–water partition coefficient (Wildman–Crippen LogP) is 4.42. The fourth-order valence-corrected chi connectivity index (χ4v) is 2.53. The molecule has 0 fully saturated rings. The Morgan fingerprint density at radius 1 is 1.12 bits per heavy atom. The normalized spacial score (nSPS) is 13.9. The highest BCUT2D eigenvalue weighted by Crippen LogP contribution is 2.25. The molecule has 1 amide bonds. The van der Waals surface area contributed by atoms with E-state index < -0.39 is 23.7 Å². The number of esters is 1. The van der Waals surface area contributed by atoms with Gasteiger partial charge in [-0.2, -0.15) is 0 Å². The summed E-state index contributed by atoms with van der Waals surface area (Å²) in [6, 6.07) is 9.22. The van der Waals surface area contributed by atoms with Gasteiger partial charge in [0.05, 0.1) is 6.10 Å². The number of amides is 1. The summed E-state index contributed by atoms with van der Waals surface area (Å²) in [5.74, 6) is -0.295. The summed E-state index contributed by atoms with van der Waals surface area (Å²) < 4.78 is 10.6. The third-order valence-corrected chi connectivity index (χ3v) is 3.61. The van der Waals surface area contributed by atoms with E-state index in [-0.39, 0.29) is 12.0 Å². The summed E-state index contributed by atoms with van der Waals surface area (Å²) >= 11 is 0. The van der Waals surface area contributed by atoms with Crippen LogP contribution in [0.3, 0.4) is 0 Å². The Morgan fingerprint density at radius 2 is 1.72 bits per heavy atom. The maximum Gasteiger partial charge on any atom is 0.408 e. The molecule has 0 aromatic heterocycles. The Balaban J connectivity index is 2.89. The highest BCUT2D eigenvalue weighted by molar-refractivity contribution is 5.81. The molecular weight excluding hydrogens is 318 g/mol. The van der Waals surface area contributed by atoms with Gasteiger partial charge in [-0.05, 0) is 58.9 Å². The van der Waals surface area contributed by atoms with Crippen LogP contribution in [0.2, 0.25) is 0 Å². The molecule has 140 valence electrons. The molecule has 5 heteroatoms. The number of carbonyl (C=O) groups is 2. The van der Waals surface area contributed by atoms with E-state index in [9.17, 15) is 9.59 Å². The second-order valence-corrected chi connectivity index (χ2v) is 7.44. The SMILES string of the molecule is CCC(CC(NC(=O)OC(C)(C)C)C(=O)OC(C)C)c1ccccc1. The highest BCUT2D eigenvalue weighted by atomic mass is 16.6. The van der Waals surface area contributed by atoms with Crippen LogP contribution in [0.4, 0.5) is 4.79 Å². The first-order valence-electron chi connectivity index (χ1n) is 8.87. The first kappa shape index (κ1) is 21.0. The lowest BCUT2D eigenvalue weighted by molar-refractivity contribution is -0.150. The molecule has 2 unspecified atom stereocenters. The third kappa shape index (κ3) is 8.05. The summed E-state index contributed by atoms with van der Waals surface area (Å²) in [4.78, 5) is 24.6. The van der Waals surface area contributed by atoms with Gasteiger partial charge in [0.25, 0.3) is 0 Å². The van der Waals surface area contributed by atoms with Gasteiger partial charge in [0.1, 0.15) is 11.6 Å². The van der Waals surface area contributed by atoms with E-state index in [0.717, 1.165) is 12.0 Å². The maximum atomic E-state index is 12.4. The van der Waals surface area contributed by atoms with Gasteiger partial charge in [0, 0.05) is 0 Å². The average Bonchev–Trinajstić information content (AvgIpc) is 2.49. The lowest BCUT2D eigenvalue weighted by Crippen LogP contribution is -2.45. The maximum absolute atomic E-state index is 12.4. The molecule has 0 aliphatic heterocycles. The monoisotopic (exact) mass is 349 g/mol. The molecule has 0 saturated carbocycles. The molecule has 0 bridgehead atoms. The number of hydrogen-bond acceptors (Lipinski definition) is 4. The van der Waals surface area contributed by atoms with Crippen LogP contribution in [0.5, 0.6) is 0 Å². The van der Waals surface area contributed by atoms with Gasteiger partial charge in [-0.25, -0.2) is 9.59 Å². The van der Waals surface area contributed by atoms with Crippen molar-refractivity contribution in [3.8, 4) is 0 Å². The van der Waals surface area contributed by atoms with Gasteiger partial charge in [-0.15, -0.1) is 0 Å². The van der Waals surface area contributed by atoms with Crippen LogP contribution >= 0.6 is 0 Å². The molecule has 0 aliphatic rings. The summed E-state index contributed by atoms with van der Waals surface area (Å²) in [5.41, 5.74) is 0.513. The van der Waals surface area contributed by atoms with Gasteiger partial charge < -0.3 is 14.8 Å². The Morgan fingerprint density at radius 3 is 2.20 bits per heavy atom. The minimum atomic E-state index is -0.748. The molecule has 0 spiro atoms. The van der Waals surface area contributed by atoms with Crippen molar-refractivity contribution in [3.05, 3.63) is 35.9 Å². The van der Waals surface area contributed by atoms with Gasteiger partial charge in [-0.3, -0.25) is 0 Å². The molecule has 0 radical (unpaired) electrons. The van der Waals surface area contributed by atoms with Crippen molar-refractivity contribution in [2.45, 2.75) is 78.0 Å². The minimum absolute atomic E-state index is 0.140. The van der Waals surface area contributed by atoms with Crippen LogP contribution in [0.15, 0.2) is 30.3 Å². The summed E-state index contributed by atoms with van der Waals surface area (Å²) in [6.07, 6.45) is 0.463. The van der Waals surface area contributed by atoms with Crippen LogP contribution in [0.25, 0.3) is 0 Å². The van der Waals surface area contributed by atoms with E-state index in [4.69, 9.17) is 9.47 Å². The Labute approximate surface area is 151 Å². The average molecular weight is 349 g/mol. The zero-order valence-electron chi connectivity index (χ0n) is 16.2. The Bertz CT molecular complexity index is 549. The van der Waals surface area contributed by atoms with Gasteiger partial charge in [-0.1, -0.05) is 37.3 Å². The molecule has 1 aromatic rings. The van der Waals surface area contributed by atoms with Crippen LogP contribution in [-0.2, 0) is 14.3 Å². The van der Waals surface area contributed by atoms with E-state index in [1.807, 2.05) is 30.3 Å². The lowest BCUT2D eigenvalue weighted by Gasteiger charge is -2.26. The third-order valence-electron chi connectivity index (χ3n) is 3.61. The van der Waals surface area contributed by atoms with E-state index in [2.05, 4.69) is 12.2 Å². The van der Waals surface area contributed by atoms with Crippen LogP contribution in [0, 0.1) is 0 Å². The molecular formula is C20H31NO4. The first-order chi connectivity index (χ1) is 11.6. The molecule has 25 heavy (non-hydrogen) atoms. The molecule has 1 aromatic carbocycles. The highest BCUT2D eigenvalue weighted by Gasteiger charge is 2.29. The molecule has 1 N–H and O–H groups in total. The zero-order valence-corrected chi connectivity index (χ0v) is 16.2. The summed E-state index contributed by atoms with van der Waals surface area (Å²) in [5, 5.41) is 2.68. The second kappa shape index (κ2) is 9.44. The van der Waals surface area contributed by atoms with Crippen molar-refractivity contribution in [2.75, 3.05) is 0 Å². The quantitative estimate of drug-likeness (QED) is 0.740. The van der Waals surface area contributed by atoms with Crippen LogP contribution < -0.4 is 5.32 Å². The molecule has 0 aliphatic carbocycles. The fourth-order valence-electron chi connectivity index (χ4n) is 2.53. The molecule has 2 atom stereocenters. The smallest absolute Gasteiger partial charge is 0.408 e. The van der Waals surface area contributed by atoms with Gasteiger partial charge >= 0.3 is 12.1 Å². The van der Waals surface area contributed by atoms with E-state index in [1.165, 1.54) is 0 Å². The van der Waals surface area contributed by atoms with Crippen molar-refractivity contribution in [1.82, 2.24) is 5.32 Å². The van der Waals surface area contributed by atoms with Crippen molar-refractivity contribution < 1.29 is 19.1 Å². The molecule has 5 nitrogen and oxygen atoms in total. The number of rotatable bonds is 7. The van der Waals surface area contributed by atoms with E-state index in [1.54, 1.807) is 34.6 Å². The molecule has 0 heterocycles. The largest absolute Gasteiger partial charge is 0.461 e. The molecule has 0 saturated heterocycles. The summed E-state index contributed by atoms with van der Waals surface area (Å²) in [7, 11) is 0. The van der Waals surface area contributed by atoms with Crippen molar-refractivity contribution in [3.63, 3.8) is 0 Å².